The summed E-state index contributed by atoms with van der Waals surface area (Å²) in [4.78, 5) is 8.49. The standard InChI is InChI=1S/C12H19N5O/c1-12(2,3)4-7-18-11-10-14-5-6-17(10)8-9(15-11)16-13/h5-6,8,16H,4,7,13H2,1-3H3. The van der Waals surface area contributed by atoms with Gasteiger partial charge in [0.1, 0.15) is 0 Å². The molecule has 0 saturated heterocycles. The monoisotopic (exact) mass is 249 g/mol. The molecule has 0 bridgehead atoms. The molecule has 0 amide bonds. The molecule has 2 aromatic heterocycles. The molecular formula is C12H19N5O. The molecule has 98 valence electrons. The number of rotatable bonds is 4. The molecule has 6 nitrogen and oxygen atoms in total. The molecule has 0 radical (unpaired) electrons. The Morgan fingerprint density at radius 1 is 1.44 bits per heavy atom. The highest BCUT2D eigenvalue weighted by Gasteiger charge is 2.12. The van der Waals surface area contributed by atoms with Gasteiger partial charge in [0.25, 0.3) is 5.88 Å². The number of aromatic nitrogens is 3. The Morgan fingerprint density at radius 2 is 2.22 bits per heavy atom. The zero-order chi connectivity index (χ0) is 13.2. The molecule has 0 spiro atoms. The number of nitrogens with zero attached hydrogens (tertiary/aromatic N) is 3. The first kappa shape index (κ1) is 12.6. The van der Waals surface area contributed by atoms with Crippen LogP contribution in [0.2, 0.25) is 0 Å². The zero-order valence-corrected chi connectivity index (χ0v) is 11.0. The third-order valence-corrected chi connectivity index (χ3v) is 2.58. The average Bonchev–Trinajstić information content (AvgIpc) is 2.75. The highest BCUT2D eigenvalue weighted by Crippen LogP contribution is 2.21. The maximum absolute atomic E-state index is 5.71. The molecule has 6 heteroatoms. The fourth-order valence-electron chi connectivity index (χ4n) is 1.52. The molecule has 2 aromatic rings. The lowest BCUT2D eigenvalue weighted by Crippen LogP contribution is -2.14. The van der Waals surface area contributed by atoms with Crippen molar-refractivity contribution in [2.24, 2.45) is 11.3 Å². The van der Waals surface area contributed by atoms with E-state index in [1.54, 1.807) is 12.4 Å². The topological polar surface area (TPSA) is 77.5 Å². The van der Waals surface area contributed by atoms with Crippen LogP contribution < -0.4 is 16.0 Å². The van der Waals surface area contributed by atoms with E-state index >= 15 is 0 Å². The summed E-state index contributed by atoms with van der Waals surface area (Å²) in [5.41, 5.74) is 3.44. The molecule has 0 aromatic carbocycles. The number of hydrogen-bond acceptors (Lipinski definition) is 5. The maximum Gasteiger partial charge on any atom is 0.260 e. The van der Waals surface area contributed by atoms with Crippen LogP contribution in [0.25, 0.3) is 5.65 Å². The van der Waals surface area contributed by atoms with Crippen LogP contribution in [-0.4, -0.2) is 21.0 Å². The van der Waals surface area contributed by atoms with Gasteiger partial charge in [0.05, 0.1) is 12.8 Å². The lowest BCUT2D eigenvalue weighted by molar-refractivity contribution is 0.238. The van der Waals surface area contributed by atoms with E-state index in [9.17, 15) is 0 Å². The van der Waals surface area contributed by atoms with Crippen molar-refractivity contribution in [3.63, 3.8) is 0 Å². The van der Waals surface area contributed by atoms with Crippen LogP contribution in [0.3, 0.4) is 0 Å². The number of hydrogen-bond donors (Lipinski definition) is 2. The van der Waals surface area contributed by atoms with Gasteiger partial charge < -0.3 is 10.2 Å². The molecule has 2 heterocycles. The normalized spacial score (nSPS) is 11.8. The minimum atomic E-state index is 0.232. The molecule has 0 atom stereocenters. The number of hydrazine groups is 1. The van der Waals surface area contributed by atoms with Crippen LogP contribution in [0.5, 0.6) is 5.88 Å². The number of nitrogens with one attached hydrogen (secondary N) is 1. The van der Waals surface area contributed by atoms with Gasteiger partial charge in [-0.3, -0.25) is 4.40 Å². The maximum atomic E-state index is 5.71. The number of fused-ring (bicyclic) bond motifs is 1. The van der Waals surface area contributed by atoms with Gasteiger partial charge in [0.2, 0.25) is 5.65 Å². The van der Waals surface area contributed by atoms with Crippen LogP contribution in [0, 0.1) is 5.41 Å². The number of nitrogen functional groups attached to an aromatic ring is 1. The second kappa shape index (κ2) is 4.81. The quantitative estimate of drug-likeness (QED) is 0.638. The van der Waals surface area contributed by atoms with Crippen molar-refractivity contribution in [1.82, 2.24) is 14.4 Å². The van der Waals surface area contributed by atoms with Crippen molar-refractivity contribution in [1.29, 1.82) is 0 Å². The predicted molar refractivity (Wildman–Crippen MR) is 70.4 cm³/mol. The Morgan fingerprint density at radius 3 is 2.89 bits per heavy atom. The highest BCUT2D eigenvalue weighted by molar-refractivity contribution is 5.53. The van der Waals surface area contributed by atoms with Crippen LogP contribution >= 0.6 is 0 Å². The summed E-state index contributed by atoms with van der Waals surface area (Å²) in [5, 5.41) is 0. The smallest absolute Gasteiger partial charge is 0.260 e. The fraction of sp³-hybridized carbons (Fsp3) is 0.500. The number of ether oxygens (including phenoxy) is 1. The van der Waals surface area contributed by atoms with Crippen LogP contribution in [0.15, 0.2) is 18.6 Å². The van der Waals surface area contributed by atoms with E-state index in [4.69, 9.17) is 10.6 Å². The molecular weight excluding hydrogens is 230 g/mol. The summed E-state index contributed by atoms with van der Waals surface area (Å²) in [6, 6.07) is 0. The number of anilines is 1. The van der Waals surface area contributed by atoms with Crippen molar-refractivity contribution < 1.29 is 4.74 Å². The first-order chi connectivity index (χ1) is 8.49. The molecule has 18 heavy (non-hydrogen) atoms. The van der Waals surface area contributed by atoms with E-state index in [0.717, 1.165) is 6.42 Å². The molecule has 3 N–H and O–H groups in total. The van der Waals surface area contributed by atoms with E-state index in [0.29, 0.717) is 24.0 Å². The van der Waals surface area contributed by atoms with Gasteiger partial charge in [0.15, 0.2) is 5.82 Å². The lowest BCUT2D eigenvalue weighted by atomic mass is 9.93. The summed E-state index contributed by atoms with van der Waals surface area (Å²) in [6.45, 7) is 7.12. The zero-order valence-electron chi connectivity index (χ0n) is 11.0. The Hall–Kier alpha value is -1.82. The predicted octanol–water partition coefficient (Wildman–Crippen LogP) is 1.83. The minimum Gasteiger partial charge on any atom is -0.475 e. The van der Waals surface area contributed by atoms with Crippen molar-refractivity contribution in [2.75, 3.05) is 12.0 Å². The molecule has 0 fully saturated rings. The first-order valence-corrected chi connectivity index (χ1v) is 5.93. The van der Waals surface area contributed by atoms with E-state index in [1.165, 1.54) is 0 Å². The Balaban J connectivity index is 2.18. The van der Waals surface area contributed by atoms with Gasteiger partial charge in [-0.25, -0.2) is 10.8 Å². The van der Waals surface area contributed by atoms with Gasteiger partial charge in [-0.2, -0.15) is 4.98 Å². The Kier molecular flexibility index (Phi) is 3.38. The third kappa shape index (κ3) is 2.89. The van der Waals surface area contributed by atoms with Crippen molar-refractivity contribution >= 4 is 11.5 Å². The van der Waals surface area contributed by atoms with Gasteiger partial charge in [-0.05, 0) is 11.8 Å². The van der Waals surface area contributed by atoms with E-state index in [-0.39, 0.29) is 5.41 Å². The summed E-state index contributed by atoms with van der Waals surface area (Å²) >= 11 is 0. The highest BCUT2D eigenvalue weighted by atomic mass is 16.5. The Bertz CT molecular complexity index is 529. The van der Waals surface area contributed by atoms with Crippen LogP contribution in [0.1, 0.15) is 27.2 Å². The van der Waals surface area contributed by atoms with Crippen LogP contribution in [-0.2, 0) is 0 Å². The second-order valence-corrected chi connectivity index (χ2v) is 5.39. The summed E-state index contributed by atoms with van der Waals surface area (Å²) in [7, 11) is 0. The second-order valence-electron chi connectivity index (χ2n) is 5.39. The van der Waals surface area contributed by atoms with Crippen LogP contribution in [0.4, 0.5) is 5.82 Å². The van der Waals surface area contributed by atoms with Gasteiger partial charge in [0, 0.05) is 12.4 Å². The SMILES string of the molecule is CC(C)(C)CCOc1nc(NN)cn2ccnc12. The van der Waals surface area contributed by atoms with Crippen molar-refractivity contribution in [3.8, 4) is 5.88 Å². The number of nitrogens with two attached hydrogens (primary N) is 1. The molecule has 0 saturated carbocycles. The van der Waals surface area contributed by atoms with Crippen molar-refractivity contribution in [3.05, 3.63) is 18.6 Å². The largest absolute Gasteiger partial charge is 0.475 e. The third-order valence-electron chi connectivity index (χ3n) is 2.58. The minimum absolute atomic E-state index is 0.232. The summed E-state index contributed by atoms with van der Waals surface area (Å²) in [6.07, 6.45) is 6.24. The fourth-order valence-corrected chi connectivity index (χ4v) is 1.52. The molecule has 0 aliphatic rings. The van der Waals surface area contributed by atoms with Crippen molar-refractivity contribution in [2.45, 2.75) is 27.2 Å². The number of imidazole rings is 1. The van der Waals surface area contributed by atoms with Gasteiger partial charge in [-0.15, -0.1) is 0 Å². The molecule has 2 rings (SSSR count). The van der Waals surface area contributed by atoms with E-state index in [1.807, 2.05) is 10.6 Å². The Labute approximate surface area is 106 Å². The van der Waals surface area contributed by atoms with Gasteiger partial charge in [-0.1, -0.05) is 20.8 Å². The first-order valence-electron chi connectivity index (χ1n) is 5.93. The average molecular weight is 249 g/mol. The van der Waals surface area contributed by atoms with E-state index < -0.39 is 0 Å². The summed E-state index contributed by atoms with van der Waals surface area (Å²) in [5.74, 6) is 6.42. The lowest BCUT2D eigenvalue weighted by Gasteiger charge is -2.18. The van der Waals surface area contributed by atoms with Gasteiger partial charge >= 0.3 is 0 Å². The molecule has 0 aliphatic carbocycles. The molecule has 0 unspecified atom stereocenters. The molecule has 0 aliphatic heterocycles. The van der Waals surface area contributed by atoms with E-state index in [2.05, 4.69) is 36.2 Å². The summed E-state index contributed by atoms with van der Waals surface area (Å²) < 4.78 is 7.53.